The molecule has 0 saturated heterocycles. The Balaban J connectivity index is 2.49. The number of hydrogen-bond acceptors (Lipinski definition) is 3. The molecule has 0 heterocycles. The number of aryl methyl sites for hydroxylation is 1. The van der Waals surface area contributed by atoms with E-state index in [1.807, 2.05) is 6.07 Å². The van der Waals surface area contributed by atoms with E-state index in [1.165, 1.54) is 12.0 Å². The van der Waals surface area contributed by atoms with E-state index >= 15 is 0 Å². The normalized spacial score (nSPS) is 17.4. The van der Waals surface area contributed by atoms with Crippen LogP contribution in [0.15, 0.2) is 12.1 Å². The van der Waals surface area contributed by atoms with Crippen molar-refractivity contribution in [2.75, 3.05) is 14.2 Å². The highest BCUT2D eigenvalue weighted by atomic mass is 16.5. The molecule has 94 valence electrons. The van der Waals surface area contributed by atoms with Crippen molar-refractivity contribution in [3.05, 3.63) is 23.3 Å². The van der Waals surface area contributed by atoms with Gasteiger partial charge in [-0.3, -0.25) is 0 Å². The molecule has 1 aromatic rings. The van der Waals surface area contributed by atoms with Crippen LogP contribution in [0.2, 0.25) is 0 Å². The molecule has 2 rings (SSSR count). The minimum atomic E-state index is -0.193. The van der Waals surface area contributed by atoms with Gasteiger partial charge in [0.2, 0.25) is 0 Å². The number of nitrogens with two attached hydrogens (primary N) is 1. The number of ether oxygens (including phenoxy) is 2. The molecular formula is C14H21NO2. The van der Waals surface area contributed by atoms with Gasteiger partial charge in [0.15, 0.2) is 0 Å². The molecular weight excluding hydrogens is 214 g/mol. The van der Waals surface area contributed by atoms with Gasteiger partial charge >= 0.3 is 0 Å². The van der Waals surface area contributed by atoms with Crippen molar-refractivity contribution in [2.45, 2.75) is 38.1 Å². The average molecular weight is 235 g/mol. The zero-order valence-electron chi connectivity index (χ0n) is 10.9. The van der Waals surface area contributed by atoms with Crippen molar-refractivity contribution in [1.29, 1.82) is 0 Å². The Kier molecular flexibility index (Phi) is 3.29. The van der Waals surface area contributed by atoms with E-state index in [4.69, 9.17) is 15.2 Å². The van der Waals surface area contributed by atoms with Crippen LogP contribution in [0.5, 0.6) is 11.5 Å². The molecule has 0 aromatic heterocycles. The smallest absolute Gasteiger partial charge is 0.127 e. The lowest BCUT2D eigenvalue weighted by atomic mass is 9.72. The van der Waals surface area contributed by atoms with Crippen LogP contribution in [0, 0.1) is 0 Å². The summed E-state index contributed by atoms with van der Waals surface area (Å²) in [6.07, 6.45) is 4.22. The molecule has 0 bridgehead atoms. The fraction of sp³-hybridized carbons (Fsp3) is 0.571. The van der Waals surface area contributed by atoms with Crippen LogP contribution < -0.4 is 15.2 Å². The second-order valence-electron chi connectivity index (χ2n) is 4.73. The minimum Gasteiger partial charge on any atom is -0.496 e. The highest BCUT2D eigenvalue weighted by molar-refractivity contribution is 5.50. The van der Waals surface area contributed by atoms with Gasteiger partial charge in [0, 0.05) is 17.2 Å². The molecule has 0 aliphatic heterocycles. The first kappa shape index (κ1) is 12.2. The van der Waals surface area contributed by atoms with Gasteiger partial charge in [0.1, 0.15) is 11.5 Å². The van der Waals surface area contributed by atoms with Crippen LogP contribution in [-0.2, 0) is 12.0 Å². The van der Waals surface area contributed by atoms with Crippen LogP contribution in [0.3, 0.4) is 0 Å². The predicted octanol–water partition coefficient (Wildman–Crippen LogP) is 2.60. The lowest BCUT2D eigenvalue weighted by molar-refractivity contribution is 0.243. The van der Waals surface area contributed by atoms with Crippen LogP contribution in [0.25, 0.3) is 0 Å². The van der Waals surface area contributed by atoms with Crippen molar-refractivity contribution in [1.82, 2.24) is 0 Å². The van der Waals surface area contributed by atoms with Gasteiger partial charge in [-0.15, -0.1) is 0 Å². The molecule has 0 unspecified atom stereocenters. The fourth-order valence-corrected chi connectivity index (χ4v) is 2.46. The van der Waals surface area contributed by atoms with Crippen LogP contribution >= 0.6 is 0 Å². The zero-order chi connectivity index (χ0) is 12.5. The number of benzene rings is 1. The highest BCUT2D eigenvalue weighted by Gasteiger charge is 2.37. The maximum atomic E-state index is 6.39. The molecule has 1 fully saturated rings. The molecule has 1 aromatic carbocycles. The molecule has 0 radical (unpaired) electrons. The van der Waals surface area contributed by atoms with Gasteiger partial charge in [-0.2, -0.15) is 0 Å². The second-order valence-corrected chi connectivity index (χ2v) is 4.73. The lowest BCUT2D eigenvalue weighted by Gasteiger charge is -2.39. The van der Waals surface area contributed by atoms with Crippen molar-refractivity contribution < 1.29 is 9.47 Å². The summed E-state index contributed by atoms with van der Waals surface area (Å²) in [5.74, 6) is 1.73. The Hall–Kier alpha value is -1.22. The Morgan fingerprint density at radius 1 is 1.18 bits per heavy atom. The van der Waals surface area contributed by atoms with Gasteiger partial charge in [-0.05, 0) is 37.3 Å². The highest BCUT2D eigenvalue weighted by Crippen LogP contribution is 2.44. The molecule has 0 spiro atoms. The lowest BCUT2D eigenvalue weighted by Crippen LogP contribution is -2.43. The average Bonchev–Trinajstić information content (AvgIpc) is 2.34. The molecule has 0 atom stereocenters. The fourth-order valence-electron chi connectivity index (χ4n) is 2.46. The maximum absolute atomic E-state index is 6.39. The SMILES string of the molecule is CCc1cc(C2(N)CCC2)c(OC)cc1OC. The first-order chi connectivity index (χ1) is 8.14. The summed E-state index contributed by atoms with van der Waals surface area (Å²) in [4.78, 5) is 0. The number of rotatable bonds is 4. The monoisotopic (exact) mass is 235 g/mol. The minimum absolute atomic E-state index is 0.193. The van der Waals surface area contributed by atoms with Crippen molar-refractivity contribution >= 4 is 0 Å². The van der Waals surface area contributed by atoms with Crippen molar-refractivity contribution in [3.8, 4) is 11.5 Å². The van der Waals surface area contributed by atoms with Gasteiger partial charge in [0.25, 0.3) is 0 Å². The third-order valence-electron chi connectivity index (χ3n) is 3.77. The summed E-state index contributed by atoms with van der Waals surface area (Å²) in [5.41, 5.74) is 8.52. The van der Waals surface area contributed by atoms with E-state index in [0.29, 0.717) is 0 Å². The standard InChI is InChI=1S/C14H21NO2/c1-4-10-8-11(14(15)6-5-7-14)13(17-3)9-12(10)16-2/h8-9H,4-7,15H2,1-3H3. The summed E-state index contributed by atoms with van der Waals surface area (Å²) in [7, 11) is 3.38. The maximum Gasteiger partial charge on any atom is 0.127 e. The van der Waals surface area contributed by atoms with Gasteiger partial charge in [0.05, 0.1) is 14.2 Å². The molecule has 2 N–H and O–H groups in total. The summed E-state index contributed by atoms with van der Waals surface area (Å²) >= 11 is 0. The molecule has 3 heteroatoms. The molecule has 3 nitrogen and oxygen atoms in total. The van der Waals surface area contributed by atoms with Crippen LogP contribution in [-0.4, -0.2) is 14.2 Å². The number of hydrogen-bond donors (Lipinski definition) is 1. The summed E-state index contributed by atoms with van der Waals surface area (Å²) in [6, 6.07) is 4.11. The van der Waals surface area contributed by atoms with E-state index in [0.717, 1.165) is 36.3 Å². The Bertz CT molecular complexity index is 411. The van der Waals surface area contributed by atoms with Gasteiger partial charge in [-0.25, -0.2) is 0 Å². The molecule has 17 heavy (non-hydrogen) atoms. The Labute approximate surface area is 103 Å². The third kappa shape index (κ3) is 2.00. The summed E-state index contributed by atoms with van der Waals surface area (Å²) < 4.78 is 10.8. The Morgan fingerprint density at radius 2 is 1.82 bits per heavy atom. The first-order valence-corrected chi connectivity index (χ1v) is 6.19. The predicted molar refractivity (Wildman–Crippen MR) is 68.6 cm³/mol. The first-order valence-electron chi connectivity index (χ1n) is 6.19. The van der Waals surface area contributed by atoms with Gasteiger partial charge in [-0.1, -0.05) is 6.92 Å². The quantitative estimate of drug-likeness (QED) is 0.872. The van der Waals surface area contributed by atoms with Gasteiger partial charge < -0.3 is 15.2 Å². The molecule has 1 aliphatic rings. The topological polar surface area (TPSA) is 44.5 Å². The van der Waals surface area contributed by atoms with E-state index in [9.17, 15) is 0 Å². The van der Waals surface area contributed by atoms with Crippen molar-refractivity contribution in [3.63, 3.8) is 0 Å². The van der Waals surface area contributed by atoms with E-state index in [2.05, 4.69) is 13.0 Å². The number of methoxy groups -OCH3 is 2. The van der Waals surface area contributed by atoms with Crippen LogP contribution in [0.1, 0.15) is 37.3 Å². The Morgan fingerprint density at radius 3 is 2.24 bits per heavy atom. The summed E-state index contributed by atoms with van der Waals surface area (Å²) in [5, 5.41) is 0. The molecule has 1 aliphatic carbocycles. The second kappa shape index (κ2) is 4.57. The zero-order valence-corrected chi connectivity index (χ0v) is 10.9. The summed E-state index contributed by atoms with van der Waals surface area (Å²) in [6.45, 7) is 2.12. The van der Waals surface area contributed by atoms with Crippen LogP contribution in [0.4, 0.5) is 0 Å². The molecule has 0 amide bonds. The van der Waals surface area contributed by atoms with E-state index in [-0.39, 0.29) is 5.54 Å². The van der Waals surface area contributed by atoms with E-state index < -0.39 is 0 Å². The third-order valence-corrected chi connectivity index (χ3v) is 3.77. The van der Waals surface area contributed by atoms with Crippen molar-refractivity contribution in [2.24, 2.45) is 5.73 Å². The van der Waals surface area contributed by atoms with E-state index in [1.54, 1.807) is 14.2 Å². The molecule has 1 saturated carbocycles. The largest absolute Gasteiger partial charge is 0.496 e.